The molecule has 0 heterocycles. The molecule has 0 unspecified atom stereocenters. The fourth-order valence-electron chi connectivity index (χ4n) is 0.150. The molecule has 0 aliphatic rings. The van der Waals surface area contributed by atoms with Gasteiger partial charge in [-0.25, -0.2) is 4.79 Å². The summed E-state index contributed by atoms with van der Waals surface area (Å²) < 4.78 is 38.0. The first-order valence-corrected chi connectivity index (χ1v) is 2.52. The summed E-state index contributed by atoms with van der Waals surface area (Å²) in [6, 6.07) is 0. The van der Waals surface area contributed by atoms with Gasteiger partial charge in [0.25, 0.3) is 0 Å². The van der Waals surface area contributed by atoms with Crippen LogP contribution in [0.3, 0.4) is 0 Å². The lowest BCUT2D eigenvalue weighted by Gasteiger charge is -2.05. The Morgan fingerprint density at radius 3 is 2.22 bits per heavy atom. The highest BCUT2D eigenvalue weighted by molar-refractivity contribution is 7.96. The average molecular weight is 160 g/mol. The van der Waals surface area contributed by atoms with Crippen LogP contribution in [0.5, 0.6) is 0 Å². The van der Waals surface area contributed by atoms with Crippen LogP contribution in [0.15, 0.2) is 0 Å². The van der Waals surface area contributed by atoms with Crippen LogP contribution in [-0.2, 0) is 9.53 Å². The molecule has 54 valence electrons. The summed E-state index contributed by atoms with van der Waals surface area (Å²) in [6.45, 7) is 0. The van der Waals surface area contributed by atoms with Gasteiger partial charge in [-0.1, -0.05) is 0 Å². The fourth-order valence-corrected chi connectivity index (χ4v) is 0.297. The maximum atomic E-state index is 11.7. The molecule has 0 aromatic rings. The number of alkyl halides is 2. The van der Waals surface area contributed by atoms with Crippen molar-refractivity contribution in [3.8, 4) is 0 Å². The van der Waals surface area contributed by atoms with Crippen molar-refractivity contribution in [2.45, 2.75) is 5.25 Å². The number of ether oxygens (including phenoxy) is 1. The number of esters is 1. The van der Waals surface area contributed by atoms with Crippen LogP contribution in [0.25, 0.3) is 0 Å². The van der Waals surface area contributed by atoms with Gasteiger partial charge >= 0.3 is 11.2 Å². The lowest BCUT2D eigenvalue weighted by Crippen LogP contribution is -2.24. The third-order valence-corrected chi connectivity index (χ3v) is 0.880. The number of hydrogen-bond donors (Lipinski definition) is 0. The first kappa shape index (κ1) is 8.61. The lowest BCUT2D eigenvalue weighted by atomic mass is 10.7. The van der Waals surface area contributed by atoms with E-state index in [4.69, 9.17) is 0 Å². The van der Waals surface area contributed by atoms with Gasteiger partial charge in [-0.3, -0.25) is 0 Å². The third kappa shape index (κ3) is 2.13. The van der Waals surface area contributed by atoms with Crippen LogP contribution in [0.4, 0.5) is 12.7 Å². The van der Waals surface area contributed by atoms with E-state index in [9.17, 15) is 17.5 Å². The highest BCUT2D eigenvalue weighted by Gasteiger charge is 2.42. The van der Waals surface area contributed by atoms with E-state index in [2.05, 4.69) is 4.74 Å². The van der Waals surface area contributed by atoms with Crippen molar-refractivity contribution in [3.05, 3.63) is 0 Å². The van der Waals surface area contributed by atoms with Gasteiger partial charge in [-0.05, 0) is 0 Å². The molecule has 0 fully saturated rings. The Morgan fingerprint density at radius 2 is 2.11 bits per heavy atom. The second-order valence-electron chi connectivity index (χ2n) is 1.09. The smallest absolute Gasteiger partial charge is 0.417 e. The third-order valence-electron chi connectivity index (χ3n) is 0.520. The van der Waals surface area contributed by atoms with Gasteiger partial charge in [0.2, 0.25) is 0 Å². The molecule has 0 saturated heterocycles. The van der Waals surface area contributed by atoms with E-state index in [-0.39, 0.29) is 0 Å². The maximum Gasteiger partial charge on any atom is 0.417 e. The molecule has 0 saturated carbocycles. The van der Waals surface area contributed by atoms with Gasteiger partial charge in [0.1, 0.15) is 12.1 Å². The van der Waals surface area contributed by atoms with Gasteiger partial charge in [0.05, 0.1) is 7.11 Å². The Bertz CT molecular complexity index is 116. The topological polar surface area (TPSA) is 26.3 Å². The Kier molecular flexibility index (Phi) is 2.83. The first-order valence-electron chi connectivity index (χ1n) is 1.80. The summed E-state index contributed by atoms with van der Waals surface area (Å²) in [5, 5.41) is -4.06. The number of methoxy groups -OCH3 is 1. The molecule has 0 rings (SSSR count). The van der Waals surface area contributed by atoms with Crippen molar-refractivity contribution in [2.75, 3.05) is 7.11 Å². The van der Waals surface area contributed by atoms with E-state index in [1.165, 1.54) is 0 Å². The first-order chi connectivity index (χ1) is 4.04. The van der Waals surface area contributed by atoms with Crippen molar-refractivity contribution in [2.24, 2.45) is 0 Å². The molecule has 0 atom stereocenters. The molecule has 0 radical (unpaired) electrons. The fraction of sp³-hybridized carbons (Fsp3) is 0.667. The molecule has 0 bridgehead atoms. The van der Waals surface area contributed by atoms with E-state index in [0.717, 1.165) is 7.11 Å². The SMILES string of the molecule is COC(=O)C(F)(F)SF. The lowest BCUT2D eigenvalue weighted by molar-refractivity contribution is -0.156. The maximum absolute atomic E-state index is 11.7. The van der Waals surface area contributed by atoms with Crippen LogP contribution in [0.1, 0.15) is 0 Å². The van der Waals surface area contributed by atoms with Gasteiger partial charge in [0, 0.05) is 0 Å². The molecule has 0 aromatic carbocycles. The van der Waals surface area contributed by atoms with Crippen LogP contribution < -0.4 is 0 Å². The van der Waals surface area contributed by atoms with Crippen molar-refractivity contribution < 1.29 is 22.2 Å². The van der Waals surface area contributed by atoms with Crippen LogP contribution in [-0.4, -0.2) is 18.3 Å². The van der Waals surface area contributed by atoms with Crippen molar-refractivity contribution in [3.63, 3.8) is 0 Å². The summed E-state index contributed by atoms with van der Waals surface area (Å²) >= 11 is -1.35. The van der Waals surface area contributed by atoms with Crippen LogP contribution in [0, 0.1) is 0 Å². The molecule has 0 aromatic heterocycles. The van der Waals surface area contributed by atoms with Crippen molar-refractivity contribution in [1.82, 2.24) is 0 Å². The minimum Gasteiger partial charge on any atom is -0.464 e. The second kappa shape index (κ2) is 2.95. The molecule has 0 amide bonds. The standard InChI is InChI=1S/C3H3F3O2S/c1-8-2(7)3(4,5)9-6/h1H3. The van der Waals surface area contributed by atoms with E-state index in [1.54, 1.807) is 0 Å². The number of halogens is 3. The van der Waals surface area contributed by atoms with E-state index < -0.39 is 23.4 Å². The highest BCUT2D eigenvalue weighted by atomic mass is 32.2. The molecular formula is C3H3F3O2S. The Morgan fingerprint density at radius 1 is 1.67 bits per heavy atom. The minimum absolute atomic E-state index is 0.756. The molecule has 9 heavy (non-hydrogen) atoms. The van der Waals surface area contributed by atoms with Gasteiger partial charge in [0.15, 0.2) is 0 Å². The predicted molar refractivity (Wildman–Crippen MR) is 25.7 cm³/mol. The number of hydrogen-bond acceptors (Lipinski definition) is 3. The minimum atomic E-state index is -4.06. The quantitative estimate of drug-likeness (QED) is 0.570. The molecule has 6 heteroatoms. The zero-order chi connectivity index (χ0) is 7.49. The van der Waals surface area contributed by atoms with Crippen LogP contribution in [0.2, 0.25) is 0 Å². The molecule has 0 N–H and O–H groups in total. The van der Waals surface area contributed by atoms with Crippen molar-refractivity contribution in [1.29, 1.82) is 0 Å². The van der Waals surface area contributed by atoms with Gasteiger partial charge in [-0.2, -0.15) is 12.7 Å². The van der Waals surface area contributed by atoms with E-state index in [0.29, 0.717) is 0 Å². The molecular weight excluding hydrogens is 157 g/mol. The summed E-state index contributed by atoms with van der Waals surface area (Å²) in [4.78, 5) is 9.83. The molecule has 2 nitrogen and oxygen atoms in total. The zero-order valence-corrected chi connectivity index (χ0v) is 5.18. The van der Waals surface area contributed by atoms with Crippen LogP contribution >= 0.6 is 12.1 Å². The summed E-state index contributed by atoms with van der Waals surface area (Å²) in [6.07, 6.45) is 0. The van der Waals surface area contributed by atoms with E-state index >= 15 is 0 Å². The molecule has 0 aliphatic heterocycles. The van der Waals surface area contributed by atoms with Gasteiger partial charge < -0.3 is 4.74 Å². The number of rotatable bonds is 2. The number of carbonyl (C=O) groups excluding carboxylic acids is 1. The van der Waals surface area contributed by atoms with Crippen molar-refractivity contribution >= 4 is 18.1 Å². The second-order valence-corrected chi connectivity index (χ2v) is 1.75. The molecule has 0 aliphatic carbocycles. The molecule has 0 spiro atoms. The zero-order valence-electron chi connectivity index (χ0n) is 4.36. The Hall–Kier alpha value is -0.390. The van der Waals surface area contributed by atoms with E-state index in [1.807, 2.05) is 0 Å². The predicted octanol–water partition coefficient (Wildman–Crippen LogP) is 1.37. The average Bonchev–Trinajstić information content (AvgIpc) is 1.86. The van der Waals surface area contributed by atoms with Gasteiger partial charge in [-0.15, -0.1) is 0 Å². The highest BCUT2D eigenvalue weighted by Crippen LogP contribution is 2.30. The largest absolute Gasteiger partial charge is 0.464 e. The Labute approximate surface area is 53.7 Å². The summed E-state index contributed by atoms with van der Waals surface area (Å²) in [5.74, 6) is -1.88. The number of carbonyl (C=O) groups is 1. The monoisotopic (exact) mass is 160 g/mol. The summed E-state index contributed by atoms with van der Waals surface area (Å²) in [7, 11) is 0.756. The summed E-state index contributed by atoms with van der Waals surface area (Å²) in [5.41, 5.74) is 0. The normalized spacial score (nSPS) is 11.1. The Balaban J connectivity index is 3.97.